The van der Waals surface area contributed by atoms with Crippen LogP contribution < -0.4 is 11.1 Å². The molecule has 1 aromatic carbocycles. The summed E-state index contributed by atoms with van der Waals surface area (Å²) >= 11 is 1.61. The van der Waals surface area contributed by atoms with Crippen molar-refractivity contribution in [2.75, 3.05) is 11.1 Å². The Morgan fingerprint density at radius 2 is 1.61 bits per heavy atom. The van der Waals surface area contributed by atoms with Gasteiger partial charge in [-0.25, -0.2) is 19.9 Å². The number of carbonyl (C=O) groups is 1. The third-order valence-electron chi connectivity index (χ3n) is 6.25. The topological polar surface area (TPSA) is 107 Å². The molecular formula is C25H24N6OS. The number of nitrogen functional groups attached to an aromatic ring is 1. The third-order valence-corrected chi connectivity index (χ3v) is 7.03. The molecule has 1 aliphatic carbocycles. The number of aromatic nitrogens is 4. The van der Waals surface area contributed by atoms with E-state index in [1.54, 1.807) is 29.9 Å². The molecule has 166 valence electrons. The van der Waals surface area contributed by atoms with Crippen molar-refractivity contribution in [2.45, 2.75) is 38.0 Å². The van der Waals surface area contributed by atoms with Gasteiger partial charge in [-0.05, 0) is 43.0 Å². The van der Waals surface area contributed by atoms with Crippen LogP contribution in [0, 0.1) is 6.92 Å². The normalized spacial score (nSPS) is 14.8. The van der Waals surface area contributed by atoms with Crippen LogP contribution in [0.25, 0.3) is 22.4 Å². The average Bonchev–Trinajstić information content (AvgIpc) is 3.51. The van der Waals surface area contributed by atoms with Crippen LogP contribution in [0.4, 0.5) is 11.8 Å². The number of thiazole rings is 1. The summed E-state index contributed by atoms with van der Waals surface area (Å²) in [6, 6.07) is 11.9. The molecule has 1 saturated carbocycles. The van der Waals surface area contributed by atoms with E-state index >= 15 is 0 Å². The van der Waals surface area contributed by atoms with Crippen molar-refractivity contribution >= 4 is 29.0 Å². The van der Waals surface area contributed by atoms with Gasteiger partial charge in [0.1, 0.15) is 5.82 Å². The zero-order valence-electron chi connectivity index (χ0n) is 18.3. The van der Waals surface area contributed by atoms with Gasteiger partial charge in [-0.3, -0.25) is 4.79 Å². The second-order valence-corrected chi connectivity index (χ2v) is 9.40. The van der Waals surface area contributed by atoms with Crippen LogP contribution >= 0.6 is 11.3 Å². The highest BCUT2D eigenvalue weighted by molar-refractivity contribution is 7.09. The van der Waals surface area contributed by atoms with Crippen molar-refractivity contribution in [3.8, 4) is 22.4 Å². The van der Waals surface area contributed by atoms with Gasteiger partial charge >= 0.3 is 0 Å². The minimum absolute atomic E-state index is 0.00618. The molecule has 5 rings (SSSR count). The van der Waals surface area contributed by atoms with Gasteiger partial charge in [0.25, 0.3) is 0 Å². The lowest BCUT2D eigenvalue weighted by Gasteiger charge is -2.28. The van der Waals surface area contributed by atoms with Crippen molar-refractivity contribution in [1.82, 2.24) is 19.9 Å². The van der Waals surface area contributed by atoms with Crippen LogP contribution in [0.3, 0.4) is 0 Å². The van der Waals surface area contributed by atoms with E-state index in [1.807, 2.05) is 48.7 Å². The lowest BCUT2D eigenvalue weighted by molar-refractivity contribution is -0.121. The van der Waals surface area contributed by atoms with E-state index in [0.717, 1.165) is 58.6 Å². The summed E-state index contributed by atoms with van der Waals surface area (Å²) in [5, 5.41) is 6.08. The maximum Gasteiger partial charge on any atom is 0.236 e. The van der Waals surface area contributed by atoms with Crippen molar-refractivity contribution in [3.05, 3.63) is 70.9 Å². The summed E-state index contributed by atoms with van der Waals surface area (Å²) in [5.41, 5.74) is 9.78. The minimum atomic E-state index is -0.553. The van der Waals surface area contributed by atoms with E-state index in [1.165, 1.54) is 0 Å². The van der Waals surface area contributed by atoms with E-state index < -0.39 is 5.41 Å². The second-order valence-electron chi connectivity index (χ2n) is 8.33. The summed E-state index contributed by atoms with van der Waals surface area (Å²) < 4.78 is 0. The maximum absolute atomic E-state index is 13.5. The number of carbonyl (C=O) groups excluding carboxylic acids is 1. The lowest BCUT2D eigenvalue weighted by atomic mass is 9.77. The van der Waals surface area contributed by atoms with E-state index in [-0.39, 0.29) is 11.9 Å². The largest absolute Gasteiger partial charge is 0.368 e. The van der Waals surface area contributed by atoms with Crippen molar-refractivity contribution in [2.24, 2.45) is 0 Å². The first-order valence-electron chi connectivity index (χ1n) is 10.9. The number of rotatable bonds is 5. The summed E-state index contributed by atoms with van der Waals surface area (Å²) in [7, 11) is 0. The van der Waals surface area contributed by atoms with E-state index in [9.17, 15) is 4.79 Å². The zero-order chi connectivity index (χ0) is 22.8. The molecule has 0 aliphatic heterocycles. The number of nitrogens with one attached hydrogen (secondary N) is 1. The van der Waals surface area contributed by atoms with Crippen LogP contribution in [-0.2, 0) is 10.2 Å². The number of aryl methyl sites for hydroxylation is 1. The number of pyridine rings is 1. The van der Waals surface area contributed by atoms with Gasteiger partial charge in [0.05, 0.1) is 16.1 Å². The zero-order valence-corrected chi connectivity index (χ0v) is 19.1. The highest BCUT2D eigenvalue weighted by Gasteiger charge is 2.42. The van der Waals surface area contributed by atoms with Crippen LogP contribution in [0.15, 0.2) is 60.4 Å². The molecule has 3 N–H and O–H groups in total. The molecule has 33 heavy (non-hydrogen) atoms. The van der Waals surface area contributed by atoms with Crippen molar-refractivity contribution in [3.63, 3.8) is 0 Å². The molecule has 1 fully saturated rings. The predicted octanol–water partition coefficient (Wildman–Crippen LogP) is 5.00. The smallest absolute Gasteiger partial charge is 0.236 e. The third kappa shape index (κ3) is 4.21. The highest BCUT2D eigenvalue weighted by Crippen LogP contribution is 2.42. The SMILES string of the molecule is Cc1nc(-c2ccc(NC(=O)C3(c4ccc(-c5cnc(N)nc5)cc4)CCCC3)nc2)cs1. The van der Waals surface area contributed by atoms with Gasteiger partial charge in [0.2, 0.25) is 11.9 Å². The van der Waals surface area contributed by atoms with Gasteiger partial charge in [0.15, 0.2) is 0 Å². The second kappa shape index (κ2) is 8.71. The number of nitrogens with two attached hydrogens (primary N) is 1. The molecule has 1 aliphatic rings. The van der Waals surface area contributed by atoms with Crippen molar-refractivity contribution < 1.29 is 4.79 Å². The molecule has 7 nitrogen and oxygen atoms in total. The first-order valence-corrected chi connectivity index (χ1v) is 11.8. The van der Waals surface area contributed by atoms with Gasteiger partial charge in [-0.1, -0.05) is 37.1 Å². The summed E-state index contributed by atoms with van der Waals surface area (Å²) in [6.45, 7) is 1.98. The molecule has 0 unspecified atom stereocenters. The van der Waals surface area contributed by atoms with Gasteiger partial charge in [-0.2, -0.15) is 0 Å². The highest BCUT2D eigenvalue weighted by atomic mass is 32.1. The predicted molar refractivity (Wildman–Crippen MR) is 131 cm³/mol. The van der Waals surface area contributed by atoms with Gasteiger partial charge in [0, 0.05) is 35.1 Å². The molecule has 0 atom stereocenters. The molecule has 0 bridgehead atoms. The fraction of sp³-hybridized carbons (Fsp3) is 0.240. The number of amides is 1. The summed E-state index contributed by atoms with van der Waals surface area (Å²) in [4.78, 5) is 30.6. The average molecular weight is 457 g/mol. The molecule has 0 saturated heterocycles. The molecule has 0 radical (unpaired) electrons. The van der Waals surface area contributed by atoms with E-state index in [2.05, 4.69) is 25.3 Å². The Labute approximate surface area is 196 Å². The minimum Gasteiger partial charge on any atom is -0.368 e. The molecular weight excluding hydrogens is 432 g/mol. The van der Waals surface area contributed by atoms with E-state index in [0.29, 0.717) is 5.82 Å². The molecule has 4 aromatic rings. The molecule has 3 heterocycles. The van der Waals surface area contributed by atoms with Crippen LogP contribution in [-0.4, -0.2) is 25.8 Å². The molecule has 3 aromatic heterocycles. The first kappa shape index (κ1) is 21.2. The maximum atomic E-state index is 13.5. The quantitative estimate of drug-likeness (QED) is 0.437. The van der Waals surface area contributed by atoms with Crippen LogP contribution in [0.2, 0.25) is 0 Å². The fourth-order valence-electron chi connectivity index (χ4n) is 4.45. The Balaban J connectivity index is 1.36. The summed E-state index contributed by atoms with van der Waals surface area (Å²) in [5.74, 6) is 0.797. The van der Waals surface area contributed by atoms with Crippen LogP contribution in [0.1, 0.15) is 36.3 Å². The number of benzene rings is 1. The number of hydrogen-bond donors (Lipinski definition) is 2. The fourth-order valence-corrected chi connectivity index (χ4v) is 5.07. The Bertz CT molecular complexity index is 1260. The number of anilines is 2. The molecule has 0 spiro atoms. The van der Waals surface area contributed by atoms with Gasteiger partial charge < -0.3 is 11.1 Å². The van der Waals surface area contributed by atoms with Crippen LogP contribution in [0.5, 0.6) is 0 Å². The van der Waals surface area contributed by atoms with E-state index in [4.69, 9.17) is 5.73 Å². The Morgan fingerprint density at radius 1 is 0.939 bits per heavy atom. The van der Waals surface area contributed by atoms with Crippen molar-refractivity contribution in [1.29, 1.82) is 0 Å². The monoisotopic (exact) mass is 456 g/mol. The standard InChI is InChI=1S/C25H24N6OS/c1-16-30-21(15-33-16)18-6-9-22(27-12-18)31-23(32)25(10-2-3-11-25)20-7-4-17(5-8-20)19-13-28-24(26)29-14-19/h4-9,12-15H,2-3,10-11H2,1H3,(H2,26,28,29)(H,27,31,32). The first-order chi connectivity index (χ1) is 16.0. The Morgan fingerprint density at radius 3 is 2.21 bits per heavy atom. The Hall–Kier alpha value is -3.65. The summed E-state index contributed by atoms with van der Waals surface area (Å²) in [6.07, 6.45) is 8.86. The number of nitrogens with zero attached hydrogens (tertiary/aromatic N) is 4. The van der Waals surface area contributed by atoms with Gasteiger partial charge in [-0.15, -0.1) is 11.3 Å². The number of hydrogen-bond acceptors (Lipinski definition) is 7. The Kier molecular flexibility index (Phi) is 5.60. The lowest BCUT2D eigenvalue weighted by Crippen LogP contribution is -2.38. The molecule has 1 amide bonds. The molecule has 8 heteroatoms.